The highest BCUT2D eigenvalue weighted by Gasteiger charge is 2.05. The summed E-state index contributed by atoms with van der Waals surface area (Å²) < 4.78 is 0.373. The maximum Gasteiger partial charge on any atom is 0.267 e. The maximum absolute atomic E-state index is 11.4. The summed E-state index contributed by atoms with van der Waals surface area (Å²) in [5.41, 5.74) is 7.18. The Labute approximate surface area is 106 Å². The van der Waals surface area contributed by atoms with Gasteiger partial charge in [-0.2, -0.15) is 0 Å². The van der Waals surface area contributed by atoms with Crippen LogP contribution in [0.4, 0.5) is 11.5 Å². The van der Waals surface area contributed by atoms with Gasteiger partial charge in [-0.25, -0.2) is 4.98 Å². The summed E-state index contributed by atoms with van der Waals surface area (Å²) in [4.78, 5) is 17.9. The summed E-state index contributed by atoms with van der Waals surface area (Å²) in [6.45, 7) is 0.472. The molecule has 0 aliphatic rings. The van der Waals surface area contributed by atoms with Crippen molar-refractivity contribution in [3.63, 3.8) is 0 Å². The second-order valence-electron chi connectivity index (χ2n) is 3.42. The van der Waals surface area contributed by atoms with Crippen molar-refractivity contribution in [1.29, 1.82) is 0 Å². The zero-order chi connectivity index (χ0) is 12.3. The highest BCUT2D eigenvalue weighted by atomic mass is 79.9. The van der Waals surface area contributed by atoms with E-state index in [1.165, 1.54) is 6.33 Å². The molecule has 4 N–H and O–H groups in total. The molecule has 1 aromatic carbocycles. The van der Waals surface area contributed by atoms with Gasteiger partial charge in [0, 0.05) is 12.2 Å². The molecule has 0 bridgehead atoms. The number of hydrogen-bond donors (Lipinski definition) is 3. The number of aromatic nitrogens is 2. The largest absolute Gasteiger partial charge is 0.339 e. The number of halogens is 1. The lowest BCUT2D eigenvalue weighted by Gasteiger charge is -2.07. The van der Waals surface area contributed by atoms with Crippen LogP contribution in [0.25, 0.3) is 0 Å². The SMILES string of the molecule is NCc1cccc(Nc2nc[nH]c(=O)c2Br)c1. The fourth-order valence-corrected chi connectivity index (χ4v) is 1.70. The average Bonchev–Trinajstić information content (AvgIpc) is 2.35. The van der Waals surface area contributed by atoms with Gasteiger partial charge in [0.15, 0.2) is 5.82 Å². The average molecular weight is 295 g/mol. The number of benzene rings is 1. The number of hydrogen-bond acceptors (Lipinski definition) is 4. The molecule has 0 radical (unpaired) electrons. The van der Waals surface area contributed by atoms with Gasteiger partial charge < -0.3 is 16.0 Å². The molecular weight excluding hydrogens is 284 g/mol. The summed E-state index contributed by atoms with van der Waals surface area (Å²) in [6.07, 6.45) is 1.35. The highest BCUT2D eigenvalue weighted by Crippen LogP contribution is 2.20. The lowest BCUT2D eigenvalue weighted by molar-refractivity contribution is 1.07. The minimum absolute atomic E-state index is 0.225. The van der Waals surface area contributed by atoms with Crippen LogP contribution in [0, 0.1) is 0 Å². The molecule has 0 atom stereocenters. The van der Waals surface area contributed by atoms with Gasteiger partial charge in [0.2, 0.25) is 0 Å². The van der Waals surface area contributed by atoms with Crippen LogP contribution in [0.5, 0.6) is 0 Å². The van der Waals surface area contributed by atoms with Crippen LogP contribution in [-0.4, -0.2) is 9.97 Å². The third-order valence-corrected chi connectivity index (χ3v) is 2.96. The Morgan fingerprint density at radius 3 is 3.06 bits per heavy atom. The second kappa shape index (κ2) is 5.11. The quantitative estimate of drug-likeness (QED) is 0.805. The van der Waals surface area contributed by atoms with Crippen LogP contribution < -0.4 is 16.6 Å². The van der Waals surface area contributed by atoms with E-state index in [1.54, 1.807) is 0 Å². The lowest BCUT2D eigenvalue weighted by Crippen LogP contribution is -2.10. The number of H-pyrrole nitrogens is 1. The predicted molar refractivity (Wildman–Crippen MR) is 70.2 cm³/mol. The molecule has 1 aromatic heterocycles. The van der Waals surface area contributed by atoms with Crippen LogP contribution in [0.15, 0.2) is 39.9 Å². The van der Waals surface area contributed by atoms with Crippen molar-refractivity contribution in [2.24, 2.45) is 5.73 Å². The van der Waals surface area contributed by atoms with Crippen LogP contribution in [-0.2, 0) is 6.54 Å². The molecule has 17 heavy (non-hydrogen) atoms. The molecule has 0 saturated heterocycles. The third-order valence-electron chi connectivity index (χ3n) is 2.22. The Morgan fingerprint density at radius 1 is 1.47 bits per heavy atom. The highest BCUT2D eigenvalue weighted by molar-refractivity contribution is 9.10. The molecule has 0 amide bonds. The fourth-order valence-electron chi connectivity index (χ4n) is 1.38. The molecule has 2 aromatic rings. The summed E-state index contributed by atoms with van der Waals surface area (Å²) >= 11 is 3.18. The van der Waals surface area contributed by atoms with Crippen LogP contribution in [0.2, 0.25) is 0 Å². The van der Waals surface area contributed by atoms with E-state index in [9.17, 15) is 4.79 Å². The van der Waals surface area contributed by atoms with E-state index in [2.05, 4.69) is 31.2 Å². The van der Waals surface area contributed by atoms with E-state index in [-0.39, 0.29) is 5.56 Å². The van der Waals surface area contributed by atoms with E-state index in [1.807, 2.05) is 24.3 Å². The van der Waals surface area contributed by atoms with Gasteiger partial charge in [-0.1, -0.05) is 12.1 Å². The maximum atomic E-state index is 11.4. The number of nitrogens with zero attached hydrogens (tertiary/aromatic N) is 1. The Balaban J connectivity index is 2.31. The number of aromatic amines is 1. The number of nitrogens with one attached hydrogen (secondary N) is 2. The molecular formula is C11H11BrN4O. The number of rotatable bonds is 3. The first kappa shape index (κ1) is 11.8. The second-order valence-corrected chi connectivity index (χ2v) is 4.22. The van der Waals surface area contributed by atoms with Crippen LogP contribution in [0.3, 0.4) is 0 Å². The monoisotopic (exact) mass is 294 g/mol. The molecule has 88 valence electrons. The summed E-state index contributed by atoms with van der Waals surface area (Å²) in [7, 11) is 0. The molecule has 0 aliphatic carbocycles. The zero-order valence-corrected chi connectivity index (χ0v) is 10.5. The van der Waals surface area contributed by atoms with Crippen molar-refractivity contribution in [3.05, 3.63) is 51.0 Å². The molecule has 5 nitrogen and oxygen atoms in total. The third kappa shape index (κ3) is 2.72. The van der Waals surface area contributed by atoms with Crippen molar-refractivity contribution in [2.75, 3.05) is 5.32 Å². The Morgan fingerprint density at radius 2 is 2.29 bits per heavy atom. The standard InChI is InChI=1S/C11H11BrN4O/c12-9-10(14-6-15-11(9)17)16-8-3-1-2-7(4-8)5-13/h1-4,6H,5,13H2,(H2,14,15,16,17). The van der Waals surface area contributed by atoms with E-state index >= 15 is 0 Å². The topological polar surface area (TPSA) is 83.8 Å². The van der Waals surface area contributed by atoms with E-state index < -0.39 is 0 Å². The summed E-state index contributed by atoms with van der Waals surface area (Å²) in [5.74, 6) is 0.475. The smallest absolute Gasteiger partial charge is 0.267 e. The van der Waals surface area contributed by atoms with Crippen molar-refractivity contribution < 1.29 is 0 Å². The zero-order valence-electron chi connectivity index (χ0n) is 8.90. The Bertz CT molecular complexity index is 582. The summed E-state index contributed by atoms with van der Waals surface area (Å²) in [6, 6.07) is 7.63. The van der Waals surface area contributed by atoms with Gasteiger partial charge in [-0.15, -0.1) is 0 Å². The van der Waals surface area contributed by atoms with Gasteiger partial charge in [0.05, 0.1) is 6.33 Å². The van der Waals surface area contributed by atoms with Gasteiger partial charge in [-0.3, -0.25) is 4.79 Å². The molecule has 1 heterocycles. The van der Waals surface area contributed by atoms with Gasteiger partial charge in [0.1, 0.15) is 4.47 Å². The summed E-state index contributed by atoms with van der Waals surface area (Å²) in [5, 5.41) is 3.05. The van der Waals surface area contributed by atoms with Gasteiger partial charge in [-0.05, 0) is 33.6 Å². The predicted octanol–water partition coefficient (Wildman–Crippen LogP) is 1.73. The van der Waals surface area contributed by atoms with Gasteiger partial charge >= 0.3 is 0 Å². The molecule has 0 spiro atoms. The molecule has 0 aliphatic heterocycles. The van der Waals surface area contributed by atoms with Crippen molar-refractivity contribution in [3.8, 4) is 0 Å². The first-order valence-electron chi connectivity index (χ1n) is 5.00. The Hall–Kier alpha value is -1.66. The Kier molecular flexibility index (Phi) is 3.55. The minimum atomic E-state index is -0.225. The van der Waals surface area contributed by atoms with E-state index in [4.69, 9.17) is 5.73 Å². The van der Waals surface area contributed by atoms with Crippen LogP contribution >= 0.6 is 15.9 Å². The molecule has 2 rings (SSSR count). The first-order chi connectivity index (χ1) is 8.20. The van der Waals surface area contributed by atoms with E-state index in [0.717, 1.165) is 11.3 Å². The molecule has 0 fully saturated rings. The van der Waals surface area contributed by atoms with Gasteiger partial charge in [0.25, 0.3) is 5.56 Å². The molecule has 0 unspecified atom stereocenters. The fraction of sp³-hybridized carbons (Fsp3) is 0.0909. The van der Waals surface area contributed by atoms with Crippen LogP contribution in [0.1, 0.15) is 5.56 Å². The normalized spacial score (nSPS) is 10.2. The first-order valence-corrected chi connectivity index (χ1v) is 5.79. The van der Waals surface area contributed by atoms with Crippen molar-refractivity contribution >= 4 is 27.4 Å². The molecule has 0 saturated carbocycles. The lowest BCUT2D eigenvalue weighted by atomic mass is 10.2. The molecule has 6 heteroatoms. The number of nitrogens with two attached hydrogens (primary N) is 1. The minimum Gasteiger partial charge on any atom is -0.339 e. The van der Waals surface area contributed by atoms with Crippen molar-refractivity contribution in [2.45, 2.75) is 6.54 Å². The van der Waals surface area contributed by atoms with Crippen molar-refractivity contribution in [1.82, 2.24) is 9.97 Å². The number of anilines is 2. The van der Waals surface area contributed by atoms with E-state index in [0.29, 0.717) is 16.8 Å².